The molecule has 0 bridgehead atoms. The highest BCUT2D eigenvalue weighted by atomic mass is 19.1. The van der Waals surface area contributed by atoms with Crippen molar-refractivity contribution in [3.63, 3.8) is 0 Å². The van der Waals surface area contributed by atoms with Crippen molar-refractivity contribution in [1.29, 1.82) is 0 Å². The molecule has 0 saturated carbocycles. The van der Waals surface area contributed by atoms with Crippen molar-refractivity contribution in [2.45, 2.75) is 19.1 Å². The summed E-state index contributed by atoms with van der Waals surface area (Å²) in [4.78, 5) is 19.2. The number of anilines is 1. The van der Waals surface area contributed by atoms with Gasteiger partial charge in [-0.05, 0) is 42.3 Å². The number of fused-ring (bicyclic) bond motifs is 1. The third kappa shape index (κ3) is 3.50. The summed E-state index contributed by atoms with van der Waals surface area (Å²) < 4.78 is 15.2. The van der Waals surface area contributed by atoms with Gasteiger partial charge in [0.1, 0.15) is 5.82 Å². The normalized spacial score (nSPS) is 16.9. The molecule has 2 heterocycles. The smallest absolute Gasteiger partial charge is 0.251 e. The van der Waals surface area contributed by atoms with E-state index in [2.05, 4.69) is 10.3 Å². The minimum Gasteiger partial charge on any atom is -0.391 e. The van der Waals surface area contributed by atoms with Crippen molar-refractivity contribution in [1.82, 2.24) is 14.9 Å². The fourth-order valence-corrected chi connectivity index (χ4v) is 3.47. The number of hydrogen-bond donors (Lipinski definition) is 2. The molecule has 6 nitrogen and oxygen atoms in total. The molecular formula is C20H21FN4O2. The summed E-state index contributed by atoms with van der Waals surface area (Å²) in [6.07, 6.45) is 0.408. The predicted molar refractivity (Wildman–Crippen MR) is 101 cm³/mol. The first-order valence-electron chi connectivity index (χ1n) is 8.93. The molecule has 2 N–H and O–H groups in total. The summed E-state index contributed by atoms with van der Waals surface area (Å²) in [6, 6.07) is 11.5. The molecule has 3 aromatic rings. The number of β-amino-alcohol motifs (C(OH)–C–C–N with tert-alkyl or cyclic N) is 1. The SMILES string of the molecule is Cn1c(N2CC[C@H](O)C2)nc2cc(C(=O)NCc3cccc(F)c3)ccc21. The van der Waals surface area contributed by atoms with Gasteiger partial charge in [-0.15, -0.1) is 0 Å². The molecular weight excluding hydrogens is 347 g/mol. The number of aromatic nitrogens is 2. The second kappa shape index (κ2) is 7.00. The van der Waals surface area contributed by atoms with Crippen LogP contribution in [0.15, 0.2) is 42.5 Å². The number of nitrogens with zero attached hydrogens (tertiary/aromatic N) is 3. The maximum absolute atomic E-state index is 13.2. The zero-order valence-corrected chi connectivity index (χ0v) is 15.0. The number of nitrogens with one attached hydrogen (secondary N) is 1. The molecule has 1 amide bonds. The number of hydrogen-bond acceptors (Lipinski definition) is 4. The molecule has 2 aromatic carbocycles. The summed E-state index contributed by atoms with van der Waals surface area (Å²) in [5.41, 5.74) is 2.86. The van der Waals surface area contributed by atoms with Crippen LogP contribution in [0.5, 0.6) is 0 Å². The monoisotopic (exact) mass is 368 g/mol. The molecule has 7 heteroatoms. The first-order chi connectivity index (χ1) is 13.0. The third-order valence-electron chi connectivity index (χ3n) is 4.91. The van der Waals surface area contributed by atoms with Crippen LogP contribution in [-0.2, 0) is 13.6 Å². The van der Waals surface area contributed by atoms with Crippen LogP contribution in [0.1, 0.15) is 22.3 Å². The predicted octanol–water partition coefficient (Wildman–Crippen LogP) is 2.21. The molecule has 1 aliphatic rings. The number of halogens is 1. The van der Waals surface area contributed by atoms with Crippen LogP contribution in [0.25, 0.3) is 11.0 Å². The Morgan fingerprint density at radius 3 is 2.93 bits per heavy atom. The van der Waals surface area contributed by atoms with Gasteiger partial charge in [0.15, 0.2) is 0 Å². The van der Waals surface area contributed by atoms with Crippen LogP contribution < -0.4 is 10.2 Å². The fraction of sp³-hybridized carbons (Fsp3) is 0.300. The molecule has 0 unspecified atom stereocenters. The van der Waals surface area contributed by atoms with E-state index in [-0.39, 0.29) is 24.4 Å². The van der Waals surface area contributed by atoms with Crippen molar-refractivity contribution in [2.24, 2.45) is 7.05 Å². The first-order valence-corrected chi connectivity index (χ1v) is 8.93. The van der Waals surface area contributed by atoms with Crippen LogP contribution in [0.4, 0.5) is 10.3 Å². The van der Waals surface area contributed by atoms with E-state index >= 15 is 0 Å². The van der Waals surface area contributed by atoms with Gasteiger partial charge in [-0.3, -0.25) is 4.79 Å². The van der Waals surface area contributed by atoms with Crippen molar-refractivity contribution < 1.29 is 14.3 Å². The van der Waals surface area contributed by atoms with Crippen LogP contribution in [0, 0.1) is 5.82 Å². The van der Waals surface area contributed by atoms with E-state index in [4.69, 9.17) is 0 Å². The van der Waals surface area contributed by atoms with Gasteiger partial charge in [-0.1, -0.05) is 12.1 Å². The van der Waals surface area contributed by atoms with Crippen molar-refractivity contribution in [3.05, 3.63) is 59.4 Å². The van der Waals surface area contributed by atoms with Crippen molar-refractivity contribution in [2.75, 3.05) is 18.0 Å². The Labute approximate surface area is 156 Å². The molecule has 1 atom stereocenters. The number of amides is 1. The van der Waals surface area contributed by atoms with Gasteiger partial charge in [-0.25, -0.2) is 9.37 Å². The summed E-state index contributed by atoms with van der Waals surface area (Å²) >= 11 is 0. The lowest BCUT2D eigenvalue weighted by Gasteiger charge is -2.16. The number of carbonyl (C=O) groups excluding carboxylic acids is 1. The number of aliphatic hydroxyl groups excluding tert-OH is 1. The topological polar surface area (TPSA) is 70.4 Å². The zero-order chi connectivity index (χ0) is 19.0. The Morgan fingerprint density at radius 2 is 2.19 bits per heavy atom. The lowest BCUT2D eigenvalue weighted by atomic mass is 10.1. The van der Waals surface area contributed by atoms with Gasteiger partial charge in [0, 0.05) is 32.2 Å². The number of aliphatic hydroxyl groups is 1. The number of carbonyl (C=O) groups is 1. The van der Waals surface area contributed by atoms with E-state index in [1.54, 1.807) is 24.3 Å². The number of aryl methyl sites for hydroxylation is 1. The van der Waals surface area contributed by atoms with Gasteiger partial charge in [-0.2, -0.15) is 0 Å². The van der Waals surface area contributed by atoms with E-state index in [9.17, 15) is 14.3 Å². The Balaban J connectivity index is 1.53. The average Bonchev–Trinajstić information content (AvgIpc) is 3.23. The maximum atomic E-state index is 13.2. The second-order valence-electron chi connectivity index (χ2n) is 6.88. The summed E-state index contributed by atoms with van der Waals surface area (Å²) in [5.74, 6) is 0.236. The molecule has 4 rings (SSSR count). The highest BCUT2D eigenvalue weighted by Gasteiger charge is 2.24. The van der Waals surface area contributed by atoms with E-state index < -0.39 is 0 Å². The Morgan fingerprint density at radius 1 is 1.33 bits per heavy atom. The van der Waals surface area contributed by atoms with Crippen LogP contribution >= 0.6 is 0 Å². The van der Waals surface area contributed by atoms with Crippen molar-refractivity contribution in [3.8, 4) is 0 Å². The van der Waals surface area contributed by atoms with Gasteiger partial charge >= 0.3 is 0 Å². The molecule has 0 radical (unpaired) electrons. The van der Waals surface area contributed by atoms with E-state index in [0.29, 0.717) is 17.7 Å². The minimum atomic E-state index is -0.325. The minimum absolute atomic E-state index is 0.232. The molecule has 140 valence electrons. The maximum Gasteiger partial charge on any atom is 0.251 e. The molecule has 1 aliphatic heterocycles. The first kappa shape index (κ1) is 17.5. The molecule has 0 aliphatic carbocycles. The molecule has 1 fully saturated rings. The lowest BCUT2D eigenvalue weighted by molar-refractivity contribution is 0.0951. The third-order valence-corrected chi connectivity index (χ3v) is 4.91. The zero-order valence-electron chi connectivity index (χ0n) is 15.0. The molecule has 1 aromatic heterocycles. The summed E-state index contributed by atoms with van der Waals surface area (Å²) in [6.45, 7) is 1.59. The van der Waals surface area contributed by atoms with Gasteiger partial charge in [0.05, 0.1) is 17.1 Å². The Hall–Kier alpha value is -2.93. The van der Waals surface area contributed by atoms with E-state index in [1.807, 2.05) is 22.6 Å². The van der Waals surface area contributed by atoms with Crippen LogP contribution in [0.3, 0.4) is 0 Å². The Bertz CT molecular complexity index is 1000. The van der Waals surface area contributed by atoms with E-state index in [1.165, 1.54) is 12.1 Å². The number of imidazole rings is 1. The fourth-order valence-electron chi connectivity index (χ4n) is 3.47. The second-order valence-corrected chi connectivity index (χ2v) is 6.88. The summed E-state index contributed by atoms with van der Waals surface area (Å²) in [7, 11) is 1.93. The average molecular weight is 368 g/mol. The van der Waals surface area contributed by atoms with Gasteiger partial charge in [0.25, 0.3) is 5.91 Å². The molecule has 1 saturated heterocycles. The Kier molecular flexibility index (Phi) is 4.53. The molecule has 27 heavy (non-hydrogen) atoms. The lowest BCUT2D eigenvalue weighted by Crippen LogP contribution is -2.24. The van der Waals surface area contributed by atoms with Crippen LogP contribution in [-0.4, -0.2) is 39.8 Å². The van der Waals surface area contributed by atoms with Crippen LogP contribution in [0.2, 0.25) is 0 Å². The highest BCUT2D eigenvalue weighted by molar-refractivity contribution is 5.97. The molecule has 0 spiro atoms. The number of rotatable bonds is 4. The van der Waals surface area contributed by atoms with Gasteiger partial charge in [0.2, 0.25) is 5.95 Å². The highest BCUT2D eigenvalue weighted by Crippen LogP contribution is 2.25. The largest absolute Gasteiger partial charge is 0.391 e. The van der Waals surface area contributed by atoms with E-state index in [0.717, 1.165) is 29.9 Å². The summed E-state index contributed by atoms with van der Waals surface area (Å²) in [5, 5.41) is 12.6. The number of benzene rings is 2. The quantitative estimate of drug-likeness (QED) is 0.741. The van der Waals surface area contributed by atoms with Crippen molar-refractivity contribution >= 4 is 22.9 Å². The van der Waals surface area contributed by atoms with Gasteiger partial charge < -0.3 is 19.9 Å². The standard InChI is InChI=1S/C20H21FN4O2/c1-24-18-6-5-14(19(27)22-11-13-3-2-4-15(21)9-13)10-17(18)23-20(24)25-8-7-16(26)12-25/h2-6,9-10,16,26H,7-8,11-12H2,1H3,(H,22,27)/t16-/m0/s1.